The van der Waals surface area contributed by atoms with E-state index in [0.29, 0.717) is 47.4 Å². The number of amides is 1. The first-order chi connectivity index (χ1) is 22.3. The normalized spacial score (nSPS) is 16.7. The number of nitrogens with zero attached hydrogens (tertiary/aromatic N) is 5. The van der Waals surface area contributed by atoms with Gasteiger partial charge in [0, 0.05) is 50.3 Å². The second-order valence-electron chi connectivity index (χ2n) is 11.1. The number of benzene rings is 3. The van der Waals surface area contributed by atoms with Crippen LogP contribution in [-0.4, -0.2) is 67.7 Å². The van der Waals surface area contributed by atoms with E-state index in [0.717, 1.165) is 43.5 Å². The van der Waals surface area contributed by atoms with Crippen molar-refractivity contribution < 1.29 is 23.1 Å². The molecule has 4 aromatic rings. The lowest BCUT2D eigenvalue weighted by Gasteiger charge is -2.35. The van der Waals surface area contributed by atoms with Gasteiger partial charge in [0.25, 0.3) is 0 Å². The summed E-state index contributed by atoms with van der Waals surface area (Å²) in [6.07, 6.45) is 3.33. The molecule has 0 aliphatic carbocycles. The molecule has 12 heteroatoms. The highest BCUT2D eigenvalue weighted by Crippen LogP contribution is 2.40. The topological polar surface area (TPSA) is 95.1 Å². The summed E-state index contributed by atoms with van der Waals surface area (Å²) in [4.78, 5) is 31.7. The fraction of sp³-hybridized carbons (Fsp3) is 0.265. The Labute approximate surface area is 266 Å². The number of hydrogen-bond donors (Lipinski definition) is 2. The summed E-state index contributed by atoms with van der Waals surface area (Å²) in [6, 6.07) is 16.8. The van der Waals surface area contributed by atoms with Crippen molar-refractivity contribution in [1.29, 1.82) is 0 Å². The highest BCUT2D eigenvalue weighted by molar-refractivity contribution is 6.02. The van der Waals surface area contributed by atoms with E-state index in [-0.39, 0.29) is 17.5 Å². The smallest absolute Gasteiger partial charge is 0.247 e. The predicted molar refractivity (Wildman–Crippen MR) is 174 cm³/mol. The molecule has 1 aromatic heterocycles. The molecule has 0 radical (unpaired) electrons. The first kappa shape index (κ1) is 30.9. The number of aromatic nitrogens is 2. The third-order valence-corrected chi connectivity index (χ3v) is 8.18. The molecule has 0 spiro atoms. The fourth-order valence-electron chi connectivity index (χ4n) is 5.74. The van der Waals surface area contributed by atoms with Gasteiger partial charge < -0.3 is 25.2 Å². The second kappa shape index (κ2) is 13.5. The van der Waals surface area contributed by atoms with E-state index in [1.807, 2.05) is 30.3 Å². The Morgan fingerprint density at radius 1 is 1.04 bits per heavy atom. The highest BCUT2D eigenvalue weighted by Gasteiger charge is 2.30. The van der Waals surface area contributed by atoms with Gasteiger partial charge in [-0.2, -0.15) is 0 Å². The number of ether oxygens (including phenoxy) is 1. The average molecular weight is 628 g/mol. The maximum Gasteiger partial charge on any atom is 0.247 e. The summed E-state index contributed by atoms with van der Waals surface area (Å²) < 4.78 is 34.3. The standard InChI is InChI=1S/C34H35F2N7O3/c1-4-33(44)40-26-18-27(30(45-3)19-29(26)42-14-12-41(2)13-15-42)39-31-20-32(38-21-37-31)43-28(11-16-46-43)23-8-5-7-22(17-23)24-9-6-10-25(35)34(24)36/h4-10,17-21,28H,1,11-16H2,2-3H3,(H,40,44)(H,37,38,39). The van der Waals surface area contributed by atoms with Crippen molar-refractivity contribution in [3.63, 3.8) is 0 Å². The number of methoxy groups -OCH3 is 1. The molecule has 2 N–H and O–H groups in total. The number of nitrogens with one attached hydrogen (secondary N) is 2. The van der Waals surface area contributed by atoms with Crippen LogP contribution in [-0.2, 0) is 9.63 Å². The Kier molecular flexibility index (Phi) is 9.08. The molecular formula is C34H35F2N7O3. The van der Waals surface area contributed by atoms with Gasteiger partial charge in [-0.05, 0) is 42.4 Å². The lowest BCUT2D eigenvalue weighted by Crippen LogP contribution is -2.44. The van der Waals surface area contributed by atoms with Crippen molar-refractivity contribution in [2.24, 2.45) is 0 Å². The van der Waals surface area contributed by atoms with Crippen LogP contribution in [0.4, 0.5) is 37.5 Å². The third-order valence-electron chi connectivity index (χ3n) is 8.18. The van der Waals surface area contributed by atoms with Gasteiger partial charge in [0.1, 0.15) is 17.9 Å². The van der Waals surface area contributed by atoms with Crippen LogP contribution in [0.25, 0.3) is 11.1 Å². The van der Waals surface area contributed by atoms with Gasteiger partial charge in [-0.25, -0.2) is 23.8 Å². The van der Waals surface area contributed by atoms with Gasteiger partial charge in [0.05, 0.1) is 36.8 Å². The number of piperazine rings is 1. The van der Waals surface area contributed by atoms with E-state index in [1.54, 1.807) is 30.4 Å². The van der Waals surface area contributed by atoms with Crippen LogP contribution >= 0.6 is 0 Å². The minimum Gasteiger partial charge on any atom is -0.494 e. The summed E-state index contributed by atoms with van der Waals surface area (Å²) in [7, 11) is 3.68. The largest absolute Gasteiger partial charge is 0.494 e. The number of rotatable bonds is 9. The Hall–Kier alpha value is -5.07. The Bertz CT molecular complexity index is 1750. The van der Waals surface area contributed by atoms with Crippen LogP contribution in [0.1, 0.15) is 18.0 Å². The van der Waals surface area contributed by atoms with E-state index >= 15 is 0 Å². The Balaban J connectivity index is 1.28. The molecule has 0 saturated carbocycles. The van der Waals surface area contributed by atoms with Crippen molar-refractivity contribution in [2.75, 3.05) is 67.5 Å². The molecule has 3 heterocycles. The fourth-order valence-corrected chi connectivity index (χ4v) is 5.74. The zero-order chi connectivity index (χ0) is 32.2. The van der Waals surface area contributed by atoms with Gasteiger partial charge in [-0.15, -0.1) is 0 Å². The minimum absolute atomic E-state index is 0.192. The third kappa shape index (κ3) is 6.49. The average Bonchev–Trinajstić information content (AvgIpc) is 3.57. The highest BCUT2D eigenvalue weighted by atomic mass is 19.2. The van der Waals surface area contributed by atoms with Crippen molar-refractivity contribution in [3.05, 3.63) is 96.8 Å². The first-order valence-corrected chi connectivity index (χ1v) is 15.0. The van der Waals surface area contributed by atoms with Crippen molar-refractivity contribution in [1.82, 2.24) is 14.9 Å². The zero-order valence-corrected chi connectivity index (χ0v) is 25.7. The van der Waals surface area contributed by atoms with Crippen LogP contribution in [0, 0.1) is 11.6 Å². The van der Waals surface area contributed by atoms with Gasteiger partial charge in [-0.1, -0.05) is 36.9 Å². The molecule has 2 saturated heterocycles. The van der Waals surface area contributed by atoms with Crippen LogP contribution in [0.15, 0.2) is 79.6 Å². The number of hydroxylamine groups is 1. The summed E-state index contributed by atoms with van der Waals surface area (Å²) in [5.74, 6) is -0.544. The van der Waals surface area contributed by atoms with Crippen LogP contribution in [0.2, 0.25) is 0 Å². The minimum atomic E-state index is -0.893. The van der Waals surface area contributed by atoms with E-state index in [2.05, 4.69) is 44.0 Å². The SMILES string of the molecule is C=CC(=O)Nc1cc(Nc2cc(N3OCCC3c3cccc(-c4cccc(F)c4F)c3)ncn2)c(OC)cc1N1CCN(C)CC1. The molecular weight excluding hydrogens is 592 g/mol. The molecule has 6 rings (SSSR count). The molecule has 2 aliphatic heterocycles. The summed E-state index contributed by atoms with van der Waals surface area (Å²) >= 11 is 0. The van der Waals surface area contributed by atoms with Gasteiger partial charge in [0.2, 0.25) is 5.91 Å². The maximum absolute atomic E-state index is 14.6. The number of likely N-dealkylation sites (N-methyl/N-ethyl adjacent to an activating group) is 1. The number of carbonyl (C=O) groups excluding carboxylic acids is 1. The van der Waals surface area contributed by atoms with E-state index in [4.69, 9.17) is 9.57 Å². The van der Waals surface area contributed by atoms with E-state index in [9.17, 15) is 13.6 Å². The van der Waals surface area contributed by atoms with Crippen LogP contribution in [0.5, 0.6) is 5.75 Å². The molecule has 3 aromatic carbocycles. The molecule has 46 heavy (non-hydrogen) atoms. The molecule has 10 nitrogen and oxygen atoms in total. The number of anilines is 5. The molecule has 238 valence electrons. The molecule has 1 atom stereocenters. The van der Waals surface area contributed by atoms with Gasteiger partial charge >= 0.3 is 0 Å². The molecule has 1 amide bonds. The molecule has 2 aliphatic rings. The van der Waals surface area contributed by atoms with Crippen molar-refractivity contribution in [2.45, 2.75) is 12.5 Å². The lowest BCUT2D eigenvalue weighted by atomic mass is 9.98. The molecule has 2 fully saturated rings. The Morgan fingerprint density at radius 3 is 2.63 bits per heavy atom. The summed E-state index contributed by atoms with van der Waals surface area (Å²) in [6.45, 7) is 7.44. The van der Waals surface area contributed by atoms with E-state index < -0.39 is 11.6 Å². The first-order valence-electron chi connectivity index (χ1n) is 15.0. The quantitative estimate of drug-likeness (QED) is 0.219. The number of halogens is 2. The van der Waals surface area contributed by atoms with Crippen LogP contribution in [0.3, 0.4) is 0 Å². The predicted octanol–water partition coefficient (Wildman–Crippen LogP) is 5.93. The van der Waals surface area contributed by atoms with Gasteiger partial charge in [-0.3, -0.25) is 9.63 Å². The monoisotopic (exact) mass is 627 g/mol. The number of hydrogen-bond acceptors (Lipinski definition) is 9. The van der Waals surface area contributed by atoms with Crippen molar-refractivity contribution in [3.8, 4) is 16.9 Å². The summed E-state index contributed by atoms with van der Waals surface area (Å²) in [5, 5.41) is 7.96. The van der Waals surface area contributed by atoms with Crippen LogP contribution < -0.4 is 25.3 Å². The van der Waals surface area contributed by atoms with Gasteiger partial charge in [0.15, 0.2) is 17.5 Å². The molecule has 0 bridgehead atoms. The summed E-state index contributed by atoms with van der Waals surface area (Å²) in [5.41, 5.74) is 3.69. The zero-order valence-electron chi connectivity index (χ0n) is 25.7. The Morgan fingerprint density at radius 2 is 1.85 bits per heavy atom. The molecule has 1 unspecified atom stereocenters. The second-order valence-corrected chi connectivity index (χ2v) is 11.1. The van der Waals surface area contributed by atoms with E-state index in [1.165, 1.54) is 18.5 Å². The van der Waals surface area contributed by atoms with Crippen molar-refractivity contribution >= 4 is 34.6 Å². The lowest BCUT2D eigenvalue weighted by molar-refractivity contribution is -0.111. The number of carbonyl (C=O) groups is 1. The maximum atomic E-state index is 14.6.